The molecule has 2 aromatic rings. The van der Waals surface area contributed by atoms with Crippen LogP contribution >= 0.6 is 0 Å². The second-order valence-corrected chi connectivity index (χ2v) is 7.48. The van der Waals surface area contributed by atoms with Gasteiger partial charge in [0.2, 0.25) is 6.41 Å². The predicted molar refractivity (Wildman–Crippen MR) is 106 cm³/mol. The number of fused-ring (bicyclic) bond motifs is 1. The Morgan fingerprint density at radius 2 is 1.91 bits per heavy atom. The minimum atomic E-state index is -4.88. The van der Waals surface area contributed by atoms with Crippen molar-refractivity contribution in [2.24, 2.45) is 0 Å². The molecule has 0 bridgehead atoms. The fourth-order valence-corrected chi connectivity index (χ4v) is 3.06. The van der Waals surface area contributed by atoms with Crippen LogP contribution in [0.4, 0.5) is 26.3 Å². The van der Waals surface area contributed by atoms with Gasteiger partial charge in [0.15, 0.2) is 0 Å². The normalized spacial score (nSPS) is 15.2. The van der Waals surface area contributed by atoms with Crippen molar-refractivity contribution in [1.82, 2.24) is 20.2 Å². The number of nitrogens with one attached hydrogen (secondary N) is 2. The number of amides is 1. The number of aromatic amines is 1. The standard InChI is InChI=1S/C18H20B2F6N4O2/c1-10(32-8-16(21,22)23)5-14-28-12-4-3-11(6-13(12)29-14)7-30(2)17(19,20)15(27-9-31)18(24,25)26/h3-4,6,9-10,15H,5,7-8H2,1-2H3,(H,27,31)(H,28,29)/t10-,15?/m1/s1. The molecule has 32 heavy (non-hydrogen) atoms. The van der Waals surface area contributed by atoms with E-state index in [1.807, 2.05) is 0 Å². The van der Waals surface area contributed by atoms with Gasteiger partial charge in [0.1, 0.15) is 18.5 Å². The first-order chi connectivity index (χ1) is 14.6. The molecule has 14 heteroatoms. The number of nitrogens with zero attached hydrogens (tertiary/aromatic N) is 2. The van der Waals surface area contributed by atoms with E-state index in [4.69, 9.17) is 20.4 Å². The number of H-pyrrole nitrogens is 1. The summed E-state index contributed by atoms with van der Waals surface area (Å²) in [7, 11) is 12.7. The fraction of sp³-hybridized carbons (Fsp3) is 0.556. The number of alkyl halides is 6. The highest BCUT2D eigenvalue weighted by molar-refractivity contribution is 6.40. The van der Waals surface area contributed by atoms with Gasteiger partial charge < -0.3 is 19.9 Å². The molecular formula is C18H20B2F6N4O2. The average molecular weight is 460 g/mol. The third-order valence-electron chi connectivity index (χ3n) is 4.71. The van der Waals surface area contributed by atoms with Crippen LogP contribution in [0.3, 0.4) is 0 Å². The van der Waals surface area contributed by atoms with Crippen molar-refractivity contribution in [1.29, 1.82) is 0 Å². The molecule has 0 fully saturated rings. The Morgan fingerprint density at radius 1 is 1.25 bits per heavy atom. The van der Waals surface area contributed by atoms with Crippen LogP contribution in [-0.4, -0.2) is 80.5 Å². The minimum absolute atomic E-state index is 0.0966. The Morgan fingerprint density at radius 3 is 2.47 bits per heavy atom. The Labute approximate surface area is 182 Å². The molecular weight excluding hydrogens is 440 g/mol. The van der Waals surface area contributed by atoms with Crippen molar-refractivity contribution in [3.05, 3.63) is 29.6 Å². The van der Waals surface area contributed by atoms with Crippen LogP contribution < -0.4 is 5.32 Å². The first kappa shape index (κ1) is 26.0. The lowest BCUT2D eigenvalue weighted by Gasteiger charge is -2.43. The van der Waals surface area contributed by atoms with Gasteiger partial charge in [0.05, 0.1) is 32.8 Å². The lowest BCUT2D eigenvalue weighted by molar-refractivity contribution is -0.183. The molecule has 0 aliphatic rings. The summed E-state index contributed by atoms with van der Waals surface area (Å²) in [5.74, 6) is 0.388. The van der Waals surface area contributed by atoms with Gasteiger partial charge in [-0.2, -0.15) is 26.3 Å². The highest BCUT2D eigenvalue weighted by Crippen LogP contribution is 2.29. The summed E-state index contributed by atoms with van der Waals surface area (Å²) in [4.78, 5) is 18.8. The van der Waals surface area contributed by atoms with Crippen LogP contribution in [0.25, 0.3) is 11.0 Å². The molecule has 0 aliphatic heterocycles. The third-order valence-corrected chi connectivity index (χ3v) is 4.71. The highest BCUT2D eigenvalue weighted by Gasteiger charge is 2.49. The molecule has 1 aromatic heterocycles. The number of halogens is 6. The Balaban J connectivity index is 2.12. The molecule has 6 nitrogen and oxygen atoms in total. The van der Waals surface area contributed by atoms with Gasteiger partial charge in [-0.05, 0) is 37.0 Å². The molecule has 0 saturated heterocycles. The molecule has 0 spiro atoms. The van der Waals surface area contributed by atoms with Crippen LogP contribution in [0.5, 0.6) is 0 Å². The SMILES string of the molecule is [B]C([B])(C(NC=O)C(F)(F)F)N(C)Cc1ccc2nc(C[C@@H](C)OCC(F)(F)F)[nH]c2c1. The summed E-state index contributed by atoms with van der Waals surface area (Å²) in [5.41, 5.74) is 1.56. The monoisotopic (exact) mass is 460 g/mol. The number of likely N-dealkylation sites (N-methyl/N-ethyl adjacent to an activating group) is 1. The first-order valence-electron chi connectivity index (χ1n) is 9.34. The van der Waals surface area contributed by atoms with E-state index in [1.165, 1.54) is 14.0 Å². The van der Waals surface area contributed by atoms with Gasteiger partial charge in [0.25, 0.3) is 0 Å². The number of imidazole rings is 1. The van der Waals surface area contributed by atoms with E-state index in [0.29, 0.717) is 22.4 Å². The Kier molecular flexibility index (Phi) is 7.92. The molecule has 4 radical (unpaired) electrons. The first-order valence-corrected chi connectivity index (χ1v) is 9.34. The van der Waals surface area contributed by atoms with Gasteiger partial charge >= 0.3 is 12.4 Å². The molecule has 1 unspecified atom stereocenters. The maximum absolute atomic E-state index is 13.2. The van der Waals surface area contributed by atoms with Crippen molar-refractivity contribution in [3.63, 3.8) is 0 Å². The van der Waals surface area contributed by atoms with Gasteiger partial charge in [-0.15, -0.1) is 0 Å². The van der Waals surface area contributed by atoms with Crippen molar-refractivity contribution in [3.8, 4) is 0 Å². The van der Waals surface area contributed by atoms with E-state index in [2.05, 4.69) is 9.97 Å². The number of rotatable bonds is 10. The van der Waals surface area contributed by atoms with Crippen LogP contribution in [0.1, 0.15) is 18.3 Å². The second kappa shape index (κ2) is 9.74. The summed E-state index contributed by atoms with van der Waals surface area (Å²) in [6, 6.07) is 2.28. The van der Waals surface area contributed by atoms with Crippen molar-refractivity contribution >= 4 is 33.1 Å². The topological polar surface area (TPSA) is 70.2 Å². The molecule has 1 heterocycles. The zero-order valence-corrected chi connectivity index (χ0v) is 17.2. The zero-order valence-electron chi connectivity index (χ0n) is 17.2. The number of carbonyl (C=O) groups is 1. The molecule has 2 atom stereocenters. The van der Waals surface area contributed by atoms with Crippen molar-refractivity contribution in [2.75, 3.05) is 13.7 Å². The lowest BCUT2D eigenvalue weighted by atomic mass is 9.56. The minimum Gasteiger partial charge on any atom is -0.369 e. The highest BCUT2D eigenvalue weighted by atomic mass is 19.4. The van der Waals surface area contributed by atoms with Gasteiger partial charge in [-0.25, -0.2) is 4.98 Å². The molecule has 0 saturated carbocycles. The van der Waals surface area contributed by atoms with E-state index in [9.17, 15) is 31.1 Å². The molecule has 2 rings (SSSR count). The van der Waals surface area contributed by atoms with Crippen LogP contribution in [0.15, 0.2) is 18.2 Å². The predicted octanol–water partition coefficient (Wildman–Crippen LogP) is 2.17. The number of benzene rings is 1. The second-order valence-electron chi connectivity index (χ2n) is 7.48. The van der Waals surface area contributed by atoms with Gasteiger partial charge in [-0.1, -0.05) is 6.07 Å². The third kappa shape index (κ3) is 6.89. The molecule has 2 N–H and O–H groups in total. The summed E-state index contributed by atoms with van der Waals surface area (Å²) < 4.78 is 81.3. The summed E-state index contributed by atoms with van der Waals surface area (Å²) in [6.45, 7) is 0.00399. The fourth-order valence-electron chi connectivity index (χ4n) is 3.06. The number of ether oxygens (including phenoxy) is 1. The quantitative estimate of drug-likeness (QED) is 0.324. The van der Waals surface area contributed by atoms with E-state index < -0.39 is 36.4 Å². The van der Waals surface area contributed by atoms with E-state index in [0.717, 1.165) is 4.90 Å². The largest absolute Gasteiger partial charge is 0.411 e. The maximum Gasteiger partial charge on any atom is 0.411 e. The summed E-state index contributed by atoms with van der Waals surface area (Å²) in [6.07, 6.45) is -10.1. The van der Waals surface area contributed by atoms with E-state index in [1.54, 1.807) is 23.5 Å². The van der Waals surface area contributed by atoms with Crippen molar-refractivity contribution in [2.45, 2.75) is 49.7 Å². The zero-order chi connectivity index (χ0) is 24.3. The number of aromatic nitrogens is 2. The van der Waals surface area contributed by atoms with Crippen LogP contribution in [-0.2, 0) is 22.5 Å². The van der Waals surface area contributed by atoms with Crippen LogP contribution in [0, 0.1) is 0 Å². The Bertz CT molecular complexity index is 919. The molecule has 1 amide bonds. The van der Waals surface area contributed by atoms with Gasteiger partial charge in [0, 0.05) is 13.0 Å². The van der Waals surface area contributed by atoms with Crippen LogP contribution in [0.2, 0.25) is 0 Å². The van der Waals surface area contributed by atoms with Crippen molar-refractivity contribution < 1.29 is 35.9 Å². The van der Waals surface area contributed by atoms with Gasteiger partial charge in [-0.3, -0.25) is 4.79 Å². The van der Waals surface area contributed by atoms with E-state index >= 15 is 0 Å². The molecule has 172 valence electrons. The molecule has 0 aliphatic carbocycles. The average Bonchev–Trinajstić information content (AvgIpc) is 3.04. The lowest BCUT2D eigenvalue weighted by Crippen LogP contribution is -2.66. The number of carbonyl (C=O) groups excluding carboxylic acids is 1. The number of hydrogen-bond acceptors (Lipinski definition) is 4. The summed E-state index contributed by atoms with van der Waals surface area (Å²) >= 11 is 0. The number of hydrogen-bond donors (Lipinski definition) is 2. The Hall–Kier alpha value is -2.21. The maximum atomic E-state index is 13.2. The molecule has 1 aromatic carbocycles. The van der Waals surface area contributed by atoms with E-state index in [-0.39, 0.29) is 19.4 Å². The smallest absolute Gasteiger partial charge is 0.369 e. The summed E-state index contributed by atoms with van der Waals surface area (Å²) in [5, 5.41) is -0.841.